The van der Waals surface area contributed by atoms with Crippen molar-refractivity contribution in [3.05, 3.63) is 29.8 Å². The highest BCUT2D eigenvalue weighted by Gasteiger charge is 2.28. The minimum absolute atomic E-state index is 0.0224. The second-order valence-electron chi connectivity index (χ2n) is 7.13. The molecule has 1 aliphatic heterocycles. The molecule has 3 rings (SSSR count). The molecule has 2 amide bonds. The Bertz CT molecular complexity index is 622. The highest BCUT2D eigenvalue weighted by molar-refractivity contribution is 5.95. The Morgan fingerprint density at radius 2 is 1.84 bits per heavy atom. The zero-order valence-electron chi connectivity index (χ0n) is 15.1. The van der Waals surface area contributed by atoms with E-state index in [0.717, 1.165) is 50.3 Å². The smallest absolute Gasteiger partial charge is 0.241 e. The molecule has 0 aromatic heterocycles. The average Bonchev–Trinajstić information content (AvgIpc) is 3.40. The summed E-state index contributed by atoms with van der Waals surface area (Å²) in [5.74, 6) is 0.149. The molecular weight excluding hydrogens is 316 g/mol. The van der Waals surface area contributed by atoms with Crippen molar-refractivity contribution >= 4 is 17.5 Å². The van der Waals surface area contributed by atoms with Gasteiger partial charge in [-0.1, -0.05) is 18.2 Å². The summed E-state index contributed by atoms with van der Waals surface area (Å²) in [7, 11) is 0. The lowest BCUT2D eigenvalue weighted by atomic mass is 10.1. The van der Waals surface area contributed by atoms with E-state index >= 15 is 0 Å². The maximum atomic E-state index is 12.5. The molecule has 1 atom stereocenters. The van der Waals surface area contributed by atoms with Gasteiger partial charge in [-0.05, 0) is 38.3 Å². The number of para-hydroxylation sites is 1. The Kier molecular flexibility index (Phi) is 5.71. The number of amides is 2. The van der Waals surface area contributed by atoms with Gasteiger partial charge >= 0.3 is 0 Å². The molecule has 0 spiro atoms. The maximum absolute atomic E-state index is 12.5. The van der Waals surface area contributed by atoms with Crippen molar-refractivity contribution < 1.29 is 9.59 Å². The molecule has 0 bridgehead atoms. The molecule has 2 N–H and O–H groups in total. The normalized spacial score (nSPS) is 20.1. The third-order valence-electron chi connectivity index (χ3n) is 5.05. The number of anilines is 1. The van der Waals surface area contributed by atoms with Gasteiger partial charge in [0.2, 0.25) is 11.8 Å². The SMILES string of the molecule is Cc1ccccc1NC(=O)[C@H](C)N1CCN(CC(=O)NC2CC2)CC1. The summed E-state index contributed by atoms with van der Waals surface area (Å²) in [6.07, 6.45) is 2.24. The molecule has 2 aliphatic rings. The number of hydrogen-bond donors (Lipinski definition) is 2. The number of nitrogens with one attached hydrogen (secondary N) is 2. The molecule has 1 heterocycles. The molecule has 1 saturated carbocycles. The van der Waals surface area contributed by atoms with E-state index in [-0.39, 0.29) is 17.9 Å². The lowest BCUT2D eigenvalue weighted by Gasteiger charge is -2.37. The molecule has 2 fully saturated rings. The first-order valence-corrected chi connectivity index (χ1v) is 9.15. The first kappa shape index (κ1) is 17.9. The standard InChI is InChI=1S/C19H28N4O2/c1-14-5-3-4-6-17(14)21-19(25)15(2)23-11-9-22(10-12-23)13-18(24)20-16-7-8-16/h3-6,15-16H,7-13H2,1-2H3,(H,20,24)(H,21,25)/t15-/m0/s1. The third-order valence-corrected chi connectivity index (χ3v) is 5.05. The van der Waals surface area contributed by atoms with E-state index in [9.17, 15) is 9.59 Å². The van der Waals surface area contributed by atoms with E-state index in [1.807, 2.05) is 38.1 Å². The molecule has 25 heavy (non-hydrogen) atoms. The topological polar surface area (TPSA) is 64.7 Å². The van der Waals surface area contributed by atoms with Crippen molar-refractivity contribution in [2.24, 2.45) is 0 Å². The molecule has 136 valence electrons. The number of hydrogen-bond acceptors (Lipinski definition) is 4. The van der Waals surface area contributed by atoms with Gasteiger partial charge in [0.15, 0.2) is 0 Å². The van der Waals surface area contributed by atoms with Crippen molar-refractivity contribution in [3.63, 3.8) is 0 Å². The second kappa shape index (κ2) is 7.97. The van der Waals surface area contributed by atoms with Crippen LogP contribution in [-0.4, -0.2) is 66.4 Å². The first-order chi connectivity index (χ1) is 12.0. The average molecular weight is 344 g/mol. The van der Waals surface area contributed by atoms with Crippen LogP contribution in [0, 0.1) is 6.92 Å². The van der Waals surface area contributed by atoms with E-state index in [2.05, 4.69) is 20.4 Å². The van der Waals surface area contributed by atoms with Crippen molar-refractivity contribution in [1.29, 1.82) is 0 Å². The lowest BCUT2D eigenvalue weighted by molar-refractivity contribution is -0.124. The first-order valence-electron chi connectivity index (χ1n) is 9.15. The van der Waals surface area contributed by atoms with Crippen LogP contribution in [0.5, 0.6) is 0 Å². The fourth-order valence-corrected chi connectivity index (χ4v) is 3.13. The summed E-state index contributed by atoms with van der Waals surface area (Å²) in [5, 5.41) is 6.05. The number of carbonyl (C=O) groups excluding carboxylic acids is 2. The molecule has 6 nitrogen and oxygen atoms in total. The van der Waals surface area contributed by atoms with Crippen molar-refractivity contribution in [1.82, 2.24) is 15.1 Å². The van der Waals surface area contributed by atoms with Crippen molar-refractivity contribution in [2.75, 3.05) is 38.0 Å². The van der Waals surface area contributed by atoms with E-state index in [1.54, 1.807) is 0 Å². The predicted octanol–water partition coefficient (Wildman–Crippen LogP) is 1.22. The number of piperazine rings is 1. The van der Waals surface area contributed by atoms with Crippen LogP contribution in [0.1, 0.15) is 25.3 Å². The molecule has 0 radical (unpaired) electrons. The van der Waals surface area contributed by atoms with Crippen LogP contribution in [0.3, 0.4) is 0 Å². The Morgan fingerprint density at radius 3 is 2.48 bits per heavy atom. The summed E-state index contributed by atoms with van der Waals surface area (Å²) >= 11 is 0. The minimum atomic E-state index is -0.179. The van der Waals surface area contributed by atoms with E-state index in [4.69, 9.17) is 0 Å². The molecule has 6 heteroatoms. The summed E-state index contributed by atoms with van der Waals surface area (Å²) in [5.41, 5.74) is 1.93. The molecule has 1 aromatic carbocycles. The fraction of sp³-hybridized carbons (Fsp3) is 0.579. The van der Waals surface area contributed by atoms with Gasteiger partial charge in [0.05, 0.1) is 12.6 Å². The maximum Gasteiger partial charge on any atom is 0.241 e. The number of rotatable bonds is 6. The van der Waals surface area contributed by atoms with Gasteiger partial charge < -0.3 is 10.6 Å². The van der Waals surface area contributed by atoms with Gasteiger partial charge in [0.1, 0.15) is 0 Å². The van der Waals surface area contributed by atoms with Gasteiger partial charge in [-0.15, -0.1) is 0 Å². The van der Waals surface area contributed by atoms with E-state index in [0.29, 0.717) is 12.6 Å². The second-order valence-corrected chi connectivity index (χ2v) is 7.13. The van der Waals surface area contributed by atoms with Crippen LogP contribution < -0.4 is 10.6 Å². The van der Waals surface area contributed by atoms with Gasteiger partial charge in [0, 0.05) is 37.9 Å². The third kappa shape index (κ3) is 5.03. The van der Waals surface area contributed by atoms with Crippen LogP contribution >= 0.6 is 0 Å². The zero-order chi connectivity index (χ0) is 17.8. The Balaban J connectivity index is 1.44. The van der Waals surface area contributed by atoms with E-state index < -0.39 is 0 Å². The Hall–Kier alpha value is -1.92. The highest BCUT2D eigenvalue weighted by Crippen LogP contribution is 2.18. The highest BCUT2D eigenvalue weighted by atomic mass is 16.2. The quantitative estimate of drug-likeness (QED) is 0.814. The van der Waals surface area contributed by atoms with Gasteiger partial charge in [-0.2, -0.15) is 0 Å². The van der Waals surface area contributed by atoms with E-state index in [1.165, 1.54) is 0 Å². The molecule has 1 saturated heterocycles. The monoisotopic (exact) mass is 344 g/mol. The number of nitrogens with zero attached hydrogens (tertiary/aromatic N) is 2. The molecule has 0 unspecified atom stereocenters. The number of benzene rings is 1. The fourth-order valence-electron chi connectivity index (χ4n) is 3.13. The van der Waals surface area contributed by atoms with Crippen molar-refractivity contribution in [3.8, 4) is 0 Å². The largest absolute Gasteiger partial charge is 0.352 e. The van der Waals surface area contributed by atoms with Crippen LogP contribution in [-0.2, 0) is 9.59 Å². The minimum Gasteiger partial charge on any atom is -0.352 e. The van der Waals surface area contributed by atoms with Gasteiger partial charge in [-0.3, -0.25) is 19.4 Å². The van der Waals surface area contributed by atoms with Crippen LogP contribution in [0.25, 0.3) is 0 Å². The summed E-state index contributed by atoms with van der Waals surface area (Å²) < 4.78 is 0. The van der Waals surface area contributed by atoms with Crippen LogP contribution in [0.2, 0.25) is 0 Å². The molecule has 1 aromatic rings. The summed E-state index contributed by atoms with van der Waals surface area (Å²) in [6, 6.07) is 8.05. The summed E-state index contributed by atoms with van der Waals surface area (Å²) in [6.45, 7) is 7.65. The Morgan fingerprint density at radius 1 is 1.16 bits per heavy atom. The van der Waals surface area contributed by atoms with Gasteiger partial charge in [0.25, 0.3) is 0 Å². The van der Waals surface area contributed by atoms with Gasteiger partial charge in [-0.25, -0.2) is 0 Å². The predicted molar refractivity (Wildman–Crippen MR) is 98.4 cm³/mol. The lowest BCUT2D eigenvalue weighted by Crippen LogP contribution is -2.54. The molecule has 1 aliphatic carbocycles. The zero-order valence-corrected chi connectivity index (χ0v) is 15.1. The van der Waals surface area contributed by atoms with Crippen LogP contribution in [0.4, 0.5) is 5.69 Å². The number of carbonyl (C=O) groups is 2. The van der Waals surface area contributed by atoms with Crippen molar-refractivity contribution in [2.45, 2.75) is 38.8 Å². The molecular formula is C19H28N4O2. The number of aryl methyl sites for hydroxylation is 1. The van der Waals surface area contributed by atoms with Crippen LogP contribution in [0.15, 0.2) is 24.3 Å². The summed E-state index contributed by atoms with van der Waals surface area (Å²) in [4.78, 5) is 28.8. The Labute approximate surface area is 149 Å².